The van der Waals surface area contributed by atoms with E-state index in [1.165, 1.54) is 24.8 Å². The molecule has 1 aliphatic carbocycles. The van der Waals surface area contributed by atoms with E-state index in [-0.39, 0.29) is 0 Å². The molecule has 108 valence electrons. The van der Waals surface area contributed by atoms with Crippen LogP contribution < -0.4 is 10.6 Å². The lowest BCUT2D eigenvalue weighted by molar-refractivity contribution is 0.792. The molecule has 2 aromatic heterocycles. The molecule has 2 aromatic rings. The predicted molar refractivity (Wildman–Crippen MR) is 84.3 cm³/mol. The monoisotopic (exact) mass is 280 g/mol. The fraction of sp³-hybridized carbons (Fsp3) is 0.412. The van der Waals surface area contributed by atoms with Crippen LogP contribution in [-0.4, -0.2) is 29.1 Å². The molecule has 2 N–H and O–H groups in total. The molecule has 4 rings (SSSR count). The van der Waals surface area contributed by atoms with Gasteiger partial charge < -0.3 is 10.6 Å². The van der Waals surface area contributed by atoms with Gasteiger partial charge in [0, 0.05) is 36.7 Å². The van der Waals surface area contributed by atoms with Gasteiger partial charge in [0.15, 0.2) is 0 Å². The smallest absolute Gasteiger partial charge is 0.0721 e. The van der Waals surface area contributed by atoms with Crippen molar-refractivity contribution >= 4 is 5.69 Å². The highest BCUT2D eigenvalue weighted by Gasteiger charge is 2.23. The van der Waals surface area contributed by atoms with Crippen LogP contribution in [0.5, 0.6) is 0 Å². The molecule has 1 aliphatic heterocycles. The van der Waals surface area contributed by atoms with Gasteiger partial charge in [0.25, 0.3) is 0 Å². The summed E-state index contributed by atoms with van der Waals surface area (Å²) in [6.07, 6.45) is 9.52. The third kappa shape index (κ3) is 2.90. The third-order valence-electron chi connectivity index (χ3n) is 4.30. The standard InChI is InChI=1S/C17H20N4/c1-2-12(1)13-3-6-20-17(8-13)14-7-16(11-19-9-14)21-15-4-5-18-10-15/h3,6-9,11-12,15,18,21H,1-2,4-5,10H2/t15-/m1/s1. The minimum atomic E-state index is 0.507. The van der Waals surface area contributed by atoms with Crippen molar-refractivity contribution < 1.29 is 0 Å². The zero-order chi connectivity index (χ0) is 14.1. The Morgan fingerprint density at radius 3 is 2.90 bits per heavy atom. The average molecular weight is 280 g/mol. The van der Waals surface area contributed by atoms with Crippen LogP contribution in [0.25, 0.3) is 11.3 Å². The molecule has 4 nitrogen and oxygen atoms in total. The predicted octanol–water partition coefficient (Wildman–Crippen LogP) is 2.79. The molecule has 1 saturated carbocycles. The van der Waals surface area contributed by atoms with Crippen molar-refractivity contribution in [1.29, 1.82) is 0 Å². The van der Waals surface area contributed by atoms with Gasteiger partial charge in [-0.2, -0.15) is 0 Å². The fourth-order valence-corrected chi connectivity index (χ4v) is 2.95. The molecule has 3 heterocycles. The summed E-state index contributed by atoms with van der Waals surface area (Å²) in [5.41, 5.74) is 4.62. The summed E-state index contributed by atoms with van der Waals surface area (Å²) in [7, 11) is 0. The molecule has 1 atom stereocenters. The van der Waals surface area contributed by atoms with Crippen LogP contribution in [0, 0.1) is 0 Å². The minimum Gasteiger partial charge on any atom is -0.380 e. The maximum Gasteiger partial charge on any atom is 0.0721 e. The molecule has 4 heteroatoms. The highest BCUT2D eigenvalue weighted by Crippen LogP contribution is 2.40. The molecule has 0 aromatic carbocycles. The molecule has 2 aliphatic rings. The maximum absolute atomic E-state index is 4.51. The van der Waals surface area contributed by atoms with E-state index < -0.39 is 0 Å². The van der Waals surface area contributed by atoms with E-state index in [0.29, 0.717) is 6.04 Å². The normalized spacial score (nSPS) is 21.4. The highest BCUT2D eigenvalue weighted by atomic mass is 15.0. The van der Waals surface area contributed by atoms with E-state index in [0.717, 1.165) is 36.0 Å². The van der Waals surface area contributed by atoms with Gasteiger partial charge in [-0.15, -0.1) is 0 Å². The van der Waals surface area contributed by atoms with Gasteiger partial charge in [0.05, 0.1) is 11.4 Å². The molecule has 2 fully saturated rings. The van der Waals surface area contributed by atoms with Gasteiger partial charge in [-0.3, -0.25) is 9.97 Å². The molecule has 21 heavy (non-hydrogen) atoms. The van der Waals surface area contributed by atoms with E-state index in [1.54, 1.807) is 0 Å². The second-order valence-electron chi connectivity index (χ2n) is 6.05. The minimum absolute atomic E-state index is 0.507. The Morgan fingerprint density at radius 2 is 2.10 bits per heavy atom. The second kappa shape index (κ2) is 5.45. The van der Waals surface area contributed by atoms with Gasteiger partial charge in [-0.1, -0.05) is 0 Å². The Labute approximate surface area is 125 Å². The first kappa shape index (κ1) is 12.8. The summed E-state index contributed by atoms with van der Waals surface area (Å²) in [5, 5.41) is 6.92. The van der Waals surface area contributed by atoms with Gasteiger partial charge in [-0.25, -0.2) is 0 Å². The highest BCUT2D eigenvalue weighted by molar-refractivity contribution is 5.64. The number of pyridine rings is 2. The van der Waals surface area contributed by atoms with Gasteiger partial charge >= 0.3 is 0 Å². The fourth-order valence-electron chi connectivity index (χ4n) is 2.95. The van der Waals surface area contributed by atoms with Crippen LogP contribution in [0.1, 0.15) is 30.7 Å². The van der Waals surface area contributed by atoms with Crippen LogP contribution in [0.4, 0.5) is 5.69 Å². The SMILES string of the molecule is c1cc(C2CC2)cc(-c2cncc(N[C@@H]3CCNC3)c2)n1. The number of aromatic nitrogens is 2. The second-order valence-corrected chi connectivity index (χ2v) is 6.05. The summed E-state index contributed by atoms with van der Waals surface area (Å²) in [4.78, 5) is 8.88. The lowest BCUT2D eigenvalue weighted by Crippen LogP contribution is -2.22. The number of anilines is 1. The Bertz CT molecular complexity index is 630. The summed E-state index contributed by atoms with van der Waals surface area (Å²) in [6.45, 7) is 2.12. The number of nitrogens with zero attached hydrogens (tertiary/aromatic N) is 2. The summed E-state index contributed by atoms with van der Waals surface area (Å²) in [6, 6.07) is 7.02. The molecule has 1 saturated heterocycles. The first-order chi connectivity index (χ1) is 10.4. The largest absolute Gasteiger partial charge is 0.380 e. The third-order valence-corrected chi connectivity index (χ3v) is 4.30. The van der Waals surface area contributed by atoms with Crippen LogP contribution in [0.2, 0.25) is 0 Å². The molecule has 0 unspecified atom stereocenters. The van der Waals surface area contributed by atoms with E-state index in [4.69, 9.17) is 0 Å². The Kier molecular flexibility index (Phi) is 3.31. The van der Waals surface area contributed by atoms with Crippen molar-refractivity contribution in [2.45, 2.75) is 31.2 Å². The van der Waals surface area contributed by atoms with Crippen LogP contribution in [0.15, 0.2) is 36.8 Å². The van der Waals surface area contributed by atoms with Crippen LogP contribution in [-0.2, 0) is 0 Å². The number of rotatable bonds is 4. The van der Waals surface area contributed by atoms with E-state index in [1.807, 2.05) is 18.6 Å². The zero-order valence-electron chi connectivity index (χ0n) is 12.0. The molecule has 0 bridgehead atoms. The topological polar surface area (TPSA) is 49.8 Å². The zero-order valence-corrected chi connectivity index (χ0v) is 12.0. The quantitative estimate of drug-likeness (QED) is 0.904. The molecule has 0 spiro atoms. The van der Waals surface area contributed by atoms with Crippen LogP contribution >= 0.6 is 0 Å². The van der Waals surface area contributed by atoms with E-state index in [9.17, 15) is 0 Å². The molecular weight excluding hydrogens is 260 g/mol. The van der Waals surface area contributed by atoms with Crippen LogP contribution in [0.3, 0.4) is 0 Å². The lowest BCUT2D eigenvalue weighted by atomic mass is 10.1. The van der Waals surface area contributed by atoms with Gasteiger partial charge in [0.2, 0.25) is 0 Å². The van der Waals surface area contributed by atoms with Crippen molar-refractivity contribution in [1.82, 2.24) is 15.3 Å². The Morgan fingerprint density at radius 1 is 1.14 bits per heavy atom. The molecular formula is C17H20N4. The first-order valence-corrected chi connectivity index (χ1v) is 7.77. The van der Waals surface area contributed by atoms with Gasteiger partial charge in [-0.05, 0) is 55.5 Å². The molecule has 0 radical (unpaired) electrons. The number of hydrogen-bond acceptors (Lipinski definition) is 4. The van der Waals surface area contributed by atoms with E-state index in [2.05, 4.69) is 38.8 Å². The van der Waals surface area contributed by atoms with Crippen molar-refractivity contribution in [2.24, 2.45) is 0 Å². The lowest BCUT2D eigenvalue weighted by Gasteiger charge is -2.13. The summed E-state index contributed by atoms with van der Waals surface area (Å²) >= 11 is 0. The van der Waals surface area contributed by atoms with Crippen molar-refractivity contribution in [2.75, 3.05) is 18.4 Å². The van der Waals surface area contributed by atoms with E-state index >= 15 is 0 Å². The Balaban J connectivity index is 1.57. The molecule has 0 amide bonds. The average Bonchev–Trinajstić information content (AvgIpc) is 3.26. The summed E-state index contributed by atoms with van der Waals surface area (Å²) in [5.74, 6) is 0.755. The van der Waals surface area contributed by atoms with Crippen molar-refractivity contribution in [3.8, 4) is 11.3 Å². The maximum atomic E-state index is 4.51. The van der Waals surface area contributed by atoms with Crippen molar-refractivity contribution in [3.63, 3.8) is 0 Å². The number of hydrogen-bond donors (Lipinski definition) is 2. The van der Waals surface area contributed by atoms with Crippen molar-refractivity contribution in [3.05, 3.63) is 42.4 Å². The Hall–Kier alpha value is -1.94. The van der Waals surface area contributed by atoms with Gasteiger partial charge in [0.1, 0.15) is 0 Å². The summed E-state index contributed by atoms with van der Waals surface area (Å²) < 4.78 is 0. The first-order valence-electron chi connectivity index (χ1n) is 7.77. The number of nitrogens with one attached hydrogen (secondary N) is 2.